The summed E-state index contributed by atoms with van der Waals surface area (Å²) in [7, 11) is 3.33. The van der Waals surface area contributed by atoms with Crippen molar-refractivity contribution in [2.24, 2.45) is 5.92 Å². The molecule has 0 aliphatic heterocycles. The number of ether oxygens (including phenoxy) is 2. The van der Waals surface area contributed by atoms with Gasteiger partial charge in [0.05, 0.1) is 14.2 Å². The van der Waals surface area contributed by atoms with E-state index in [1.165, 1.54) is 24.8 Å². The van der Waals surface area contributed by atoms with Gasteiger partial charge in [-0.05, 0) is 30.0 Å². The molecule has 0 radical (unpaired) electrons. The van der Waals surface area contributed by atoms with Gasteiger partial charge in [0.2, 0.25) is 0 Å². The van der Waals surface area contributed by atoms with Crippen LogP contribution in [-0.2, 0) is 0 Å². The van der Waals surface area contributed by atoms with Crippen LogP contribution < -0.4 is 9.47 Å². The summed E-state index contributed by atoms with van der Waals surface area (Å²) in [6.45, 7) is 0. The first kappa shape index (κ1) is 11.8. The fourth-order valence-corrected chi connectivity index (χ4v) is 2.64. The van der Waals surface area contributed by atoms with E-state index in [1.807, 2.05) is 6.07 Å². The van der Waals surface area contributed by atoms with Crippen LogP contribution in [0.1, 0.15) is 29.7 Å². The fraction of sp³-hybridized carbons (Fsp3) is 0.538. The van der Waals surface area contributed by atoms with E-state index in [0.29, 0.717) is 4.83 Å². The van der Waals surface area contributed by atoms with Crippen molar-refractivity contribution in [3.8, 4) is 11.5 Å². The highest BCUT2D eigenvalue weighted by Crippen LogP contribution is 2.42. The van der Waals surface area contributed by atoms with Crippen LogP contribution in [0.5, 0.6) is 11.5 Å². The van der Waals surface area contributed by atoms with E-state index in [-0.39, 0.29) is 0 Å². The zero-order chi connectivity index (χ0) is 11.5. The second-order valence-electron chi connectivity index (χ2n) is 4.26. The molecule has 2 rings (SSSR count). The van der Waals surface area contributed by atoms with Gasteiger partial charge in [0.1, 0.15) is 0 Å². The van der Waals surface area contributed by atoms with E-state index in [1.54, 1.807) is 14.2 Å². The Balaban J connectivity index is 2.13. The normalized spacial score (nSPS) is 16.9. The van der Waals surface area contributed by atoms with Gasteiger partial charge >= 0.3 is 0 Å². The largest absolute Gasteiger partial charge is 0.493 e. The number of hydrogen-bond acceptors (Lipinski definition) is 2. The molecule has 1 aliphatic carbocycles. The van der Waals surface area contributed by atoms with Gasteiger partial charge in [0.25, 0.3) is 0 Å². The Labute approximate surface area is 105 Å². The molecule has 2 nitrogen and oxygen atoms in total. The Morgan fingerprint density at radius 1 is 1.25 bits per heavy atom. The molecular weight excluding hydrogens is 268 g/mol. The first-order valence-electron chi connectivity index (χ1n) is 5.60. The Bertz CT molecular complexity index is 361. The highest BCUT2D eigenvalue weighted by molar-refractivity contribution is 9.09. The SMILES string of the molecule is COc1ccc(C(Br)CC2CC2)cc1OC. The topological polar surface area (TPSA) is 18.5 Å². The smallest absolute Gasteiger partial charge is 0.161 e. The predicted octanol–water partition coefficient (Wildman–Crippen LogP) is 3.94. The summed E-state index contributed by atoms with van der Waals surface area (Å²) in [5.74, 6) is 2.51. The van der Waals surface area contributed by atoms with E-state index in [2.05, 4.69) is 28.1 Å². The second-order valence-corrected chi connectivity index (χ2v) is 5.37. The molecular formula is C13H17BrO2. The molecule has 0 bridgehead atoms. The first-order valence-corrected chi connectivity index (χ1v) is 6.52. The molecule has 1 unspecified atom stereocenters. The van der Waals surface area contributed by atoms with Gasteiger partial charge in [0.15, 0.2) is 11.5 Å². The zero-order valence-corrected chi connectivity index (χ0v) is 11.3. The Hall–Kier alpha value is -0.700. The van der Waals surface area contributed by atoms with Crippen molar-refractivity contribution in [3.63, 3.8) is 0 Å². The number of alkyl halides is 1. The van der Waals surface area contributed by atoms with Crippen molar-refractivity contribution in [1.29, 1.82) is 0 Å². The molecule has 1 saturated carbocycles. The minimum atomic E-state index is 0.430. The maximum atomic E-state index is 5.30. The van der Waals surface area contributed by atoms with E-state index in [0.717, 1.165) is 17.4 Å². The van der Waals surface area contributed by atoms with Crippen LogP contribution in [0.2, 0.25) is 0 Å². The molecule has 1 atom stereocenters. The minimum Gasteiger partial charge on any atom is -0.493 e. The summed E-state index contributed by atoms with van der Waals surface area (Å²) < 4.78 is 10.5. The molecule has 1 aliphatic rings. The van der Waals surface area contributed by atoms with E-state index >= 15 is 0 Å². The maximum Gasteiger partial charge on any atom is 0.161 e. The molecule has 0 spiro atoms. The van der Waals surface area contributed by atoms with Gasteiger partial charge < -0.3 is 9.47 Å². The quantitative estimate of drug-likeness (QED) is 0.763. The van der Waals surface area contributed by atoms with Gasteiger partial charge in [-0.15, -0.1) is 0 Å². The van der Waals surface area contributed by atoms with Crippen molar-refractivity contribution in [3.05, 3.63) is 23.8 Å². The summed E-state index contributed by atoms with van der Waals surface area (Å²) in [6, 6.07) is 6.12. The van der Waals surface area contributed by atoms with Gasteiger partial charge in [-0.25, -0.2) is 0 Å². The highest BCUT2D eigenvalue weighted by atomic mass is 79.9. The van der Waals surface area contributed by atoms with Crippen LogP contribution in [0, 0.1) is 5.92 Å². The van der Waals surface area contributed by atoms with E-state index < -0.39 is 0 Å². The van der Waals surface area contributed by atoms with Gasteiger partial charge in [-0.2, -0.15) is 0 Å². The third-order valence-electron chi connectivity index (χ3n) is 3.01. The molecule has 1 aromatic carbocycles. The van der Waals surface area contributed by atoms with Crippen molar-refractivity contribution >= 4 is 15.9 Å². The van der Waals surface area contributed by atoms with E-state index in [4.69, 9.17) is 9.47 Å². The summed E-state index contributed by atoms with van der Waals surface area (Å²) >= 11 is 3.74. The molecule has 16 heavy (non-hydrogen) atoms. The zero-order valence-electron chi connectivity index (χ0n) is 9.70. The molecule has 0 N–H and O–H groups in total. The molecule has 0 saturated heterocycles. The van der Waals surface area contributed by atoms with Crippen LogP contribution in [0.4, 0.5) is 0 Å². The lowest BCUT2D eigenvalue weighted by atomic mass is 10.1. The van der Waals surface area contributed by atoms with Crippen molar-refractivity contribution in [1.82, 2.24) is 0 Å². The molecule has 1 fully saturated rings. The lowest BCUT2D eigenvalue weighted by Gasteiger charge is -2.13. The number of methoxy groups -OCH3 is 2. The number of halogens is 1. The second kappa shape index (κ2) is 5.09. The van der Waals surface area contributed by atoms with Crippen LogP contribution in [0.3, 0.4) is 0 Å². The molecule has 0 heterocycles. The average Bonchev–Trinajstić information content (AvgIpc) is 3.11. The Morgan fingerprint density at radius 3 is 2.50 bits per heavy atom. The van der Waals surface area contributed by atoms with Gasteiger partial charge in [-0.3, -0.25) is 0 Å². The van der Waals surface area contributed by atoms with Crippen molar-refractivity contribution < 1.29 is 9.47 Å². The standard InChI is InChI=1S/C13H17BrO2/c1-15-12-6-5-10(8-13(12)16-2)11(14)7-9-3-4-9/h5-6,8-9,11H,3-4,7H2,1-2H3. The third kappa shape index (κ3) is 2.70. The Kier molecular flexibility index (Phi) is 3.74. The van der Waals surface area contributed by atoms with Crippen LogP contribution in [0.25, 0.3) is 0 Å². The highest BCUT2D eigenvalue weighted by Gasteiger charge is 2.25. The third-order valence-corrected chi connectivity index (χ3v) is 3.91. The van der Waals surface area contributed by atoms with E-state index in [9.17, 15) is 0 Å². The summed E-state index contributed by atoms with van der Waals surface area (Å²) in [6.07, 6.45) is 3.99. The number of hydrogen-bond donors (Lipinski definition) is 0. The van der Waals surface area contributed by atoms with Crippen LogP contribution >= 0.6 is 15.9 Å². The maximum absolute atomic E-state index is 5.30. The van der Waals surface area contributed by atoms with Gasteiger partial charge in [0, 0.05) is 4.83 Å². The molecule has 88 valence electrons. The Morgan fingerprint density at radius 2 is 1.94 bits per heavy atom. The monoisotopic (exact) mass is 284 g/mol. The average molecular weight is 285 g/mol. The van der Waals surface area contributed by atoms with Crippen molar-refractivity contribution in [2.45, 2.75) is 24.1 Å². The van der Waals surface area contributed by atoms with Crippen LogP contribution in [0.15, 0.2) is 18.2 Å². The molecule has 3 heteroatoms. The van der Waals surface area contributed by atoms with Crippen molar-refractivity contribution in [2.75, 3.05) is 14.2 Å². The van der Waals surface area contributed by atoms with Gasteiger partial charge in [-0.1, -0.05) is 34.8 Å². The number of benzene rings is 1. The summed E-state index contributed by atoms with van der Waals surface area (Å²) in [4.78, 5) is 0.430. The molecule has 0 aromatic heterocycles. The molecule has 0 amide bonds. The minimum absolute atomic E-state index is 0.430. The first-order chi connectivity index (χ1) is 7.74. The lowest BCUT2D eigenvalue weighted by molar-refractivity contribution is 0.354. The van der Waals surface area contributed by atoms with Crippen LogP contribution in [-0.4, -0.2) is 14.2 Å². The summed E-state index contributed by atoms with van der Waals surface area (Å²) in [5.41, 5.74) is 1.27. The predicted molar refractivity (Wildman–Crippen MR) is 68.6 cm³/mol. The fourth-order valence-electron chi connectivity index (χ4n) is 1.83. The molecule has 1 aromatic rings. The lowest BCUT2D eigenvalue weighted by Crippen LogP contribution is -1.95. The summed E-state index contributed by atoms with van der Waals surface area (Å²) in [5, 5.41) is 0. The number of rotatable bonds is 5.